The minimum Gasteiger partial charge on any atom is -0.265 e. The molecule has 5 heteroatoms. The molecule has 0 N–H and O–H groups in total. The van der Waals surface area contributed by atoms with Gasteiger partial charge in [0.05, 0.1) is 5.69 Å². The van der Waals surface area contributed by atoms with Gasteiger partial charge in [-0.05, 0) is 42.0 Å². The summed E-state index contributed by atoms with van der Waals surface area (Å²) in [6, 6.07) is 11.6. The average Bonchev–Trinajstić information content (AvgIpc) is 2.69. The predicted octanol–water partition coefficient (Wildman–Crippen LogP) is 3.66. The molecule has 0 saturated heterocycles. The summed E-state index contributed by atoms with van der Waals surface area (Å²) in [7, 11) is 0. The van der Waals surface area contributed by atoms with Gasteiger partial charge in [-0.3, -0.25) is 15.0 Å². The van der Waals surface area contributed by atoms with Crippen molar-refractivity contribution in [2.75, 3.05) is 0 Å². The largest absolute Gasteiger partial charge is 0.265 e. The molecule has 5 nitrogen and oxygen atoms in total. The van der Waals surface area contributed by atoms with Gasteiger partial charge in [0.1, 0.15) is 0 Å². The van der Waals surface area contributed by atoms with Gasteiger partial charge in [-0.25, -0.2) is 9.97 Å². The first kappa shape index (κ1) is 14.1. The second kappa shape index (κ2) is 6.34. The second-order valence-electron chi connectivity index (χ2n) is 5.18. The Morgan fingerprint density at radius 1 is 0.583 bits per heavy atom. The highest BCUT2D eigenvalue weighted by molar-refractivity contribution is 5.80. The Kier molecular flexibility index (Phi) is 3.73. The van der Waals surface area contributed by atoms with Crippen molar-refractivity contribution >= 4 is 0 Å². The molecule has 0 atom stereocenters. The summed E-state index contributed by atoms with van der Waals surface area (Å²) in [5, 5.41) is 0. The summed E-state index contributed by atoms with van der Waals surface area (Å²) in [5.74, 6) is 0.639. The zero-order valence-corrected chi connectivity index (χ0v) is 12.7. The van der Waals surface area contributed by atoms with Crippen molar-refractivity contribution in [1.29, 1.82) is 0 Å². The molecule has 0 unspecified atom stereocenters. The van der Waals surface area contributed by atoms with Gasteiger partial charge in [-0.2, -0.15) is 0 Å². The highest BCUT2D eigenvalue weighted by atomic mass is 14.9. The van der Waals surface area contributed by atoms with Crippen LogP contribution in [0.15, 0.2) is 79.8 Å². The molecule has 0 radical (unpaired) electrons. The summed E-state index contributed by atoms with van der Waals surface area (Å²) in [4.78, 5) is 21.7. The minimum absolute atomic E-state index is 0.639. The first-order valence-electron chi connectivity index (χ1n) is 7.50. The van der Waals surface area contributed by atoms with E-state index in [0.717, 1.165) is 27.9 Å². The summed E-state index contributed by atoms with van der Waals surface area (Å²) in [6.07, 6.45) is 12.4. The van der Waals surface area contributed by atoms with Crippen molar-refractivity contribution in [2.45, 2.75) is 0 Å². The zero-order chi connectivity index (χ0) is 16.2. The molecule has 0 aromatic carbocycles. The molecule has 0 bridgehead atoms. The number of hydrogen-bond donors (Lipinski definition) is 0. The van der Waals surface area contributed by atoms with Crippen molar-refractivity contribution < 1.29 is 0 Å². The lowest BCUT2D eigenvalue weighted by Crippen LogP contribution is -1.96. The van der Waals surface area contributed by atoms with E-state index in [1.165, 1.54) is 0 Å². The van der Waals surface area contributed by atoms with Crippen LogP contribution >= 0.6 is 0 Å². The molecule has 0 aliphatic heterocycles. The van der Waals surface area contributed by atoms with Crippen molar-refractivity contribution in [3.63, 3.8) is 0 Å². The highest BCUT2D eigenvalue weighted by Gasteiger charge is 2.12. The number of rotatable bonds is 3. The fourth-order valence-corrected chi connectivity index (χ4v) is 2.48. The Morgan fingerprint density at radius 3 is 1.96 bits per heavy atom. The summed E-state index contributed by atoms with van der Waals surface area (Å²) in [6.45, 7) is 0. The van der Waals surface area contributed by atoms with Crippen LogP contribution < -0.4 is 0 Å². The molecule has 0 fully saturated rings. The van der Waals surface area contributed by atoms with E-state index in [2.05, 4.69) is 19.9 Å². The van der Waals surface area contributed by atoms with Crippen LogP contribution in [0.25, 0.3) is 33.8 Å². The van der Waals surface area contributed by atoms with Crippen LogP contribution in [0.5, 0.6) is 0 Å². The van der Waals surface area contributed by atoms with E-state index in [0.29, 0.717) is 5.82 Å². The van der Waals surface area contributed by atoms with Crippen molar-refractivity contribution in [2.24, 2.45) is 0 Å². The SMILES string of the molecule is c1cncc(-c2ncc(-c3ccncc3)c(-c3cccnc3)n2)c1. The minimum atomic E-state index is 0.639. The van der Waals surface area contributed by atoms with Crippen LogP contribution in [0.1, 0.15) is 0 Å². The third-order valence-corrected chi connectivity index (χ3v) is 3.63. The maximum absolute atomic E-state index is 4.78. The van der Waals surface area contributed by atoms with E-state index in [9.17, 15) is 0 Å². The van der Waals surface area contributed by atoms with Gasteiger partial charge in [0, 0.05) is 60.1 Å². The number of aromatic nitrogens is 5. The van der Waals surface area contributed by atoms with Gasteiger partial charge in [-0.1, -0.05) is 0 Å². The summed E-state index contributed by atoms with van der Waals surface area (Å²) >= 11 is 0. The van der Waals surface area contributed by atoms with E-state index in [4.69, 9.17) is 4.98 Å². The molecule has 0 saturated carbocycles. The number of hydrogen-bond acceptors (Lipinski definition) is 5. The standard InChI is InChI=1S/C19H13N5/c1-3-15(11-21-7-1)18-17(14-5-9-20-10-6-14)13-23-19(24-18)16-4-2-8-22-12-16/h1-13H. The molecule has 24 heavy (non-hydrogen) atoms. The van der Waals surface area contributed by atoms with Crippen molar-refractivity contribution in [3.8, 4) is 33.8 Å². The number of pyridine rings is 3. The van der Waals surface area contributed by atoms with Gasteiger partial charge in [0.2, 0.25) is 0 Å². The maximum Gasteiger partial charge on any atom is 0.161 e. The Hall–Kier alpha value is -3.47. The molecule has 0 aliphatic rings. The molecule has 0 aliphatic carbocycles. The van der Waals surface area contributed by atoms with Gasteiger partial charge in [0.15, 0.2) is 5.82 Å². The second-order valence-corrected chi connectivity index (χ2v) is 5.18. The fourth-order valence-electron chi connectivity index (χ4n) is 2.48. The van der Waals surface area contributed by atoms with Crippen LogP contribution in [-0.4, -0.2) is 24.9 Å². The van der Waals surface area contributed by atoms with Gasteiger partial charge < -0.3 is 0 Å². The lowest BCUT2D eigenvalue weighted by Gasteiger charge is -2.10. The molecular weight excluding hydrogens is 298 g/mol. The van der Waals surface area contributed by atoms with E-state index in [-0.39, 0.29) is 0 Å². The third-order valence-electron chi connectivity index (χ3n) is 3.63. The lowest BCUT2D eigenvalue weighted by molar-refractivity contribution is 1.16. The van der Waals surface area contributed by atoms with Crippen LogP contribution in [0.2, 0.25) is 0 Å². The summed E-state index contributed by atoms with van der Waals surface area (Å²) in [5.41, 5.74) is 4.61. The zero-order valence-electron chi connectivity index (χ0n) is 12.7. The van der Waals surface area contributed by atoms with Crippen molar-refractivity contribution in [3.05, 3.63) is 79.8 Å². The van der Waals surface area contributed by atoms with E-state index < -0.39 is 0 Å². The molecular formula is C19H13N5. The van der Waals surface area contributed by atoms with E-state index in [1.807, 2.05) is 42.6 Å². The molecule has 4 aromatic heterocycles. The highest BCUT2D eigenvalue weighted by Crippen LogP contribution is 2.30. The Morgan fingerprint density at radius 2 is 1.29 bits per heavy atom. The third kappa shape index (κ3) is 2.75. The van der Waals surface area contributed by atoms with Gasteiger partial charge in [0.25, 0.3) is 0 Å². The number of nitrogens with zero attached hydrogens (tertiary/aromatic N) is 5. The fraction of sp³-hybridized carbons (Fsp3) is 0. The lowest BCUT2D eigenvalue weighted by atomic mass is 10.0. The first-order chi connectivity index (χ1) is 11.9. The quantitative estimate of drug-likeness (QED) is 0.577. The van der Waals surface area contributed by atoms with Crippen LogP contribution in [-0.2, 0) is 0 Å². The predicted molar refractivity (Wildman–Crippen MR) is 91.7 cm³/mol. The summed E-state index contributed by atoms with van der Waals surface area (Å²) < 4.78 is 0. The Balaban J connectivity index is 1.92. The monoisotopic (exact) mass is 311 g/mol. The Labute approximate surface area is 139 Å². The maximum atomic E-state index is 4.78. The molecule has 0 spiro atoms. The topological polar surface area (TPSA) is 64.5 Å². The van der Waals surface area contributed by atoms with Crippen LogP contribution in [0, 0.1) is 0 Å². The molecule has 4 rings (SSSR count). The smallest absolute Gasteiger partial charge is 0.161 e. The van der Waals surface area contributed by atoms with E-state index in [1.54, 1.807) is 37.2 Å². The molecule has 114 valence electrons. The Bertz CT molecular complexity index is 941. The molecule has 4 heterocycles. The van der Waals surface area contributed by atoms with Gasteiger partial charge in [-0.15, -0.1) is 0 Å². The van der Waals surface area contributed by atoms with Crippen molar-refractivity contribution in [1.82, 2.24) is 24.9 Å². The molecule has 0 amide bonds. The van der Waals surface area contributed by atoms with Gasteiger partial charge >= 0.3 is 0 Å². The average molecular weight is 311 g/mol. The van der Waals surface area contributed by atoms with Crippen LogP contribution in [0.3, 0.4) is 0 Å². The first-order valence-corrected chi connectivity index (χ1v) is 7.50. The molecule has 4 aromatic rings. The van der Waals surface area contributed by atoms with Crippen LogP contribution in [0.4, 0.5) is 0 Å². The van der Waals surface area contributed by atoms with E-state index >= 15 is 0 Å². The normalized spacial score (nSPS) is 10.5.